The lowest BCUT2D eigenvalue weighted by Crippen LogP contribution is -2.47. The maximum atomic E-state index is 13.9. The number of alkyl halides is 3. The summed E-state index contributed by atoms with van der Waals surface area (Å²) in [6, 6.07) is 4.94. The van der Waals surface area contributed by atoms with Crippen LogP contribution in [0.15, 0.2) is 30.5 Å². The van der Waals surface area contributed by atoms with Gasteiger partial charge < -0.3 is 20.0 Å². The molecule has 4 amide bonds. The van der Waals surface area contributed by atoms with Gasteiger partial charge in [-0.3, -0.25) is 14.3 Å². The molecule has 0 radical (unpaired) electrons. The van der Waals surface area contributed by atoms with Gasteiger partial charge in [0.05, 0.1) is 35.1 Å². The van der Waals surface area contributed by atoms with Crippen molar-refractivity contribution in [2.45, 2.75) is 82.1 Å². The highest BCUT2D eigenvalue weighted by Crippen LogP contribution is 2.45. The van der Waals surface area contributed by atoms with Crippen LogP contribution in [-0.2, 0) is 11.0 Å². The van der Waals surface area contributed by atoms with Gasteiger partial charge in [0, 0.05) is 51.6 Å². The van der Waals surface area contributed by atoms with Gasteiger partial charge in [-0.1, -0.05) is 18.2 Å². The summed E-state index contributed by atoms with van der Waals surface area (Å²) in [4.78, 5) is 43.7. The van der Waals surface area contributed by atoms with E-state index in [1.165, 1.54) is 19.1 Å². The van der Waals surface area contributed by atoms with Gasteiger partial charge in [-0.05, 0) is 56.6 Å². The monoisotopic (exact) mass is 586 g/mol. The minimum Gasteiger partial charge on any atom is -0.352 e. The fraction of sp³-hybridized carbons (Fsp3) is 0.600. The zero-order valence-electron chi connectivity index (χ0n) is 23.8. The topological polar surface area (TPSA) is 90.8 Å². The number of carbonyl (C=O) groups is 3. The number of rotatable bonds is 5. The third-order valence-corrected chi connectivity index (χ3v) is 9.11. The van der Waals surface area contributed by atoms with Gasteiger partial charge in [-0.25, -0.2) is 4.79 Å². The molecule has 1 aromatic carbocycles. The van der Waals surface area contributed by atoms with Crippen LogP contribution in [-0.4, -0.2) is 81.1 Å². The highest BCUT2D eigenvalue weighted by atomic mass is 19.4. The molecular formula is C30H37F3N6O3. The molecule has 0 bridgehead atoms. The van der Waals surface area contributed by atoms with Crippen LogP contribution >= 0.6 is 0 Å². The molecule has 3 aliphatic heterocycles. The van der Waals surface area contributed by atoms with Crippen LogP contribution in [0.1, 0.15) is 97.0 Å². The molecule has 42 heavy (non-hydrogen) atoms. The minimum atomic E-state index is -4.49. The molecule has 2 unspecified atom stereocenters. The first-order chi connectivity index (χ1) is 20.1. The van der Waals surface area contributed by atoms with E-state index in [1.54, 1.807) is 22.1 Å². The van der Waals surface area contributed by atoms with Crippen molar-refractivity contribution in [2.75, 3.05) is 32.7 Å². The number of halogens is 3. The normalized spacial score (nSPS) is 23.5. The van der Waals surface area contributed by atoms with E-state index < -0.39 is 17.8 Å². The van der Waals surface area contributed by atoms with Gasteiger partial charge in [-0.2, -0.15) is 18.3 Å². The van der Waals surface area contributed by atoms with Crippen molar-refractivity contribution in [3.05, 3.63) is 52.8 Å². The van der Waals surface area contributed by atoms with Gasteiger partial charge >= 0.3 is 12.2 Å². The first-order valence-electron chi connectivity index (χ1n) is 15.0. The van der Waals surface area contributed by atoms with E-state index in [-0.39, 0.29) is 41.4 Å². The Balaban J connectivity index is 1.16. The standard InChI is InChI=1S/C30H37F3N6O3/c1-19(40)35-21-10-14-37(18-21)29(42)36-15-11-22(12-16-36)39-27(20-8-9-20)24(17-34-39)28(41)38-13-4-7-26(38)23-5-2-3-6-25(23)30(31,32)33/h2-3,5-6,17,20-22,26H,4,7-16,18H2,1H3,(H,35,40). The maximum Gasteiger partial charge on any atom is 0.416 e. The average molecular weight is 587 g/mol. The van der Waals surface area contributed by atoms with Crippen molar-refractivity contribution in [2.24, 2.45) is 0 Å². The molecule has 4 aliphatic rings. The second-order valence-electron chi connectivity index (χ2n) is 12.0. The van der Waals surface area contributed by atoms with Crippen molar-refractivity contribution in [3.63, 3.8) is 0 Å². The average Bonchev–Trinajstić information content (AvgIpc) is 3.34. The predicted octanol–water partition coefficient (Wildman–Crippen LogP) is 4.72. The Kier molecular flexibility index (Phi) is 7.65. The van der Waals surface area contributed by atoms with E-state index in [1.807, 2.05) is 9.58 Å². The minimum absolute atomic E-state index is 0.0118. The Morgan fingerprint density at radius 2 is 1.64 bits per heavy atom. The van der Waals surface area contributed by atoms with Crippen LogP contribution < -0.4 is 5.32 Å². The molecule has 2 aromatic rings. The molecule has 3 saturated heterocycles. The summed E-state index contributed by atoms with van der Waals surface area (Å²) >= 11 is 0. The number of aromatic nitrogens is 2. The smallest absolute Gasteiger partial charge is 0.352 e. The number of nitrogens with zero attached hydrogens (tertiary/aromatic N) is 5. The Morgan fingerprint density at radius 1 is 0.929 bits per heavy atom. The molecule has 4 heterocycles. The maximum absolute atomic E-state index is 13.9. The van der Waals surface area contributed by atoms with Crippen molar-refractivity contribution in [1.29, 1.82) is 0 Å². The highest BCUT2D eigenvalue weighted by molar-refractivity contribution is 5.96. The van der Waals surface area contributed by atoms with Crippen LogP contribution in [0.2, 0.25) is 0 Å². The molecule has 1 N–H and O–H groups in total. The highest BCUT2D eigenvalue weighted by Gasteiger charge is 2.42. The summed E-state index contributed by atoms with van der Waals surface area (Å²) in [5.41, 5.74) is 0.842. The van der Waals surface area contributed by atoms with Crippen molar-refractivity contribution in [3.8, 4) is 0 Å². The van der Waals surface area contributed by atoms with E-state index in [2.05, 4.69) is 10.4 Å². The lowest BCUT2D eigenvalue weighted by molar-refractivity contribution is -0.138. The molecule has 12 heteroatoms. The molecule has 4 fully saturated rings. The summed E-state index contributed by atoms with van der Waals surface area (Å²) < 4.78 is 43.4. The first-order valence-corrected chi connectivity index (χ1v) is 15.0. The number of benzene rings is 1. The number of hydrogen-bond acceptors (Lipinski definition) is 4. The lowest BCUT2D eigenvalue weighted by atomic mass is 9.97. The number of hydrogen-bond donors (Lipinski definition) is 1. The van der Waals surface area contributed by atoms with E-state index in [0.717, 1.165) is 31.0 Å². The molecule has 9 nitrogen and oxygen atoms in total. The molecule has 226 valence electrons. The second-order valence-corrected chi connectivity index (χ2v) is 12.0. The number of urea groups is 1. The van der Waals surface area contributed by atoms with E-state index >= 15 is 0 Å². The number of carbonyl (C=O) groups excluding carboxylic acids is 3. The molecule has 1 aromatic heterocycles. The number of piperidine rings is 1. The van der Waals surface area contributed by atoms with Gasteiger partial charge in [0.1, 0.15) is 0 Å². The molecule has 0 spiro atoms. The van der Waals surface area contributed by atoms with Crippen molar-refractivity contribution in [1.82, 2.24) is 29.8 Å². The zero-order chi connectivity index (χ0) is 29.6. The third kappa shape index (κ3) is 5.59. The molecule has 2 atom stereocenters. The Hall–Kier alpha value is -3.57. The lowest BCUT2D eigenvalue weighted by Gasteiger charge is -2.35. The van der Waals surface area contributed by atoms with E-state index in [4.69, 9.17) is 0 Å². The molecule has 6 rings (SSSR count). The van der Waals surface area contributed by atoms with Gasteiger partial charge in [0.15, 0.2) is 0 Å². The third-order valence-electron chi connectivity index (χ3n) is 9.11. The summed E-state index contributed by atoms with van der Waals surface area (Å²) in [7, 11) is 0. The molecule has 1 aliphatic carbocycles. The van der Waals surface area contributed by atoms with Gasteiger partial charge in [-0.15, -0.1) is 0 Å². The fourth-order valence-corrected chi connectivity index (χ4v) is 6.97. The van der Waals surface area contributed by atoms with Crippen LogP contribution in [0.5, 0.6) is 0 Å². The summed E-state index contributed by atoms with van der Waals surface area (Å²) in [5.74, 6) is -0.132. The number of likely N-dealkylation sites (tertiary alicyclic amines) is 3. The Labute approximate surface area is 243 Å². The quantitative estimate of drug-likeness (QED) is 0.549. The van der Waals surface area contributed by atoms with Crippen LogP contribution in [0.25, 0.3) is 0 Å². The van der Waals surface area contributed by atoms with Gasteiger partial charge in [0.2, 0.25) is 5.91 Å². The predicted molar refractivity (Wildman–Crippen MR) is 148 cm³/mol. The Morgan fingerprint density at radius 3 is 2.33 bits per heavy atom. The van der Waals surface area contributed by atoms with Crippen LogP contribution in [0.3, 0.4) is 0 Å². The van der Waals surface area contributed by atoms with Crippen molar-refractivity contribution >= 4 is 17.8 Å². The summed E-state index contributed by atoms with van der Waals surface area (Å²) in [6.45, 7) is 4.16. The molecule has 1 saturated carbocycles. The molecular weight excluding hydrogens is 549 g/mol. The first kappa shape index (κ1) is 28.5. The Bertz CT molecular complexity index is 1350. The van der Waals surface area contributed by atoms with Crippen LogP contribution in [0.4, 0.5) is 18.0 Å². The van der Waals surface area contributed by atoms with E-state index in [9.17, 15) is 27.6 Å². The van der Waals surface area contributed by atoms with Gasteiger partial charge in [0.25, 0.3) is 5.91 Å². The second kappa shape index (κ2) is 11.3. The van der Waals surface area contributed by atoms with E-state index in [0.29, 0.717) is 64.0 Å². The number of amides is 4. The largest absolute Gasteiger partial charge is 0.416 e. The summed E-state index contributed by atoms with van der Waals surface area (Å²) in [5, 5.41) is 7.56. The zero-order valence-corrected chi connectivity index (χ0v) is 23.8. The fourth-order valence-electron chi connectivity index (χ4n) is 6.97. The SMILES string of the molecule is CC(=O)NC1CCN(C(=O)N2CCC(n3ncc(C(=O)N4CCCC4c4ccccc4C(F)(F)F)c3C3CC3)CC2)C1. The summed E-state index contributed by atoms with van der Waals surface area (Å²) in [6.07, 6.45) is 2.30. The van der Waals surface area contributed by atoms with Crippen molar-refractivity contribution < 1.29 is 27.6 Å². The van der Waals surface area contributed by atoms with Crippen LogP contribution in [0, 0.1) is 0 Å². The number of nitrogens with one attached hydrogen (secondary N) is 1.